The van der Waals surface area contributed by atoms with E-state index in [4.69, 9.17) is 4.42 Å². The van der Waals surface area contributed by atoms with Crippen molar-refractivity contribution in [2.45, 2.75) is 0 Å². The van der Waals surface area contributed by atoms with Gasteiger partial charge in [-0.15, -0.1) is 0 Å². The molecular weight excluding hydrogens is 438 g/mol. The molecular formula is C34H23NO. The smallest absolute Gasteiger partial charge is 0.143 e. The average molecular weight is 462 g/mol. The van der Waals surface area contributed by atoms with Gasteiger partial charge in [0, 0.05) is 33.2 Å². The molecule has 7 aromatic rings. The van der Waals surface area contributed by atoms with Gasteiger partial charge < -0.3 is 9.32 Å². The molecule has 2 nitrogen and oxygen atoms in total. The van der Waals surface area contributed by atoms with Crippen LogP contribution < -0.4 is 4.90 Å². The zero-order valence-corrected chi connectivity index (χ0v) is 19.6. The molecule has 0 saturated carbocycles. The van der Waals surface area contributed by atoms with Gasteiger partial charge in [-0.1, -0.05) is 84.9 Å². The van der Waals surface area contributed by atoms with Crippen molar-refractivity contribution >= 4 is 49.8 Å². The van der Waals surface area contributed by atoms with E-state index in [1.165, 1.54) is 16.5 Å². The lowest BCUT2D eigenvalue weighted by Crippen LogP contribution is -2.09. The third-order valence-corrected chi connectivity index (χ3v) is 6.85. The van der Waals surface area contributed by atoms with E-state index in [9.17, 15) is 0 Å². The fourth-order valence-electron chi connectivity index (χ4n) is 5.09. The fraction of sp³-hybridized carbons (Fsp3) is 0. The monoisotopic (exact) mass is 461 g/mol. The van der Waals surface area contributed by atoms with Gasteiger partial charge in [0.05, 0.1) is 0 Å². The Morgan fingerprint density at radius 3 is 1.75 bits per heavy atom. The van der Waals surface area contributed by atoms with Gasteiger partial charge in [-0.25, -0.2) is 0 Å². The number of para-hydroxylation sites is 2. The second kappa shape index (κ2) is 8.44. The van der Waals surface area contributed by atoms with Crippen molar-refractivity contribution in [2.24, 2.45) is 0 Å². The largest absolute Gasteiger partial charge is 0.455 e. The van der Waals surface area contributed by atoms with Crippen LogP contribution >= 0.6 is 0 Å². The van der Waals surface area contributed by atoms with Crippen molar-refractivity contribution in [2.75, 3.05) is 4.90 Å². The van der Waals surface area contributed by atoms with Gasteiger partial charge in [-0.2, -0.15) is 0 Å². The summed E-state index contributed by atoms with van der Waals surface area (Å²) in [4.78, 5) is 2.28. The predicted molar refractivity (Wildman–Crippen MR) is 151 cm³/mol. The molecule has 0 spiro atoms. The van der Waals surface area contributed by atoms with Gasteiger partial charge in [0.2, 0.25) is 0 Å². The zero-order valence-electron chi connectivity index (χ0n) is 19.6. The van der Waals surface area contributed by atoms with E-state index in [1.54, 1.807) is 0 Å². The molecule has 0 unspecified atom stereocenters. The van der Waals surface area contributed by atoms with Crippen molar-refractivity contribution in [1.29, 1.82) is 0 Å². The van der Waals surface area contributed by atoms with E-state index in [0.29, 0.717) is 0 Å². The van der Waals surface area contributed by atoms with Crippen LogP contribution in [-0.2, 0) is 0 Å². The molecule has 0 radical (unpaired) electrons. The second-order valence-corrected chi connectivity index (χ2v) is 9.03. The fourth-order valence-corrected chi connectivity index (χ4v) is 5.09. The molecule has 7 rings (SSSR count). The molecule has 0 fully saturated rings. The molecule has 2 heteroatoms. The SMILES string of the molecule is c1ccc(N(c2ccccc2)c2ccc(-c3ccc4oc5c6ccccc6ccc5c4c3)cc2)cc1. The van der Waals surface area contributed by atoms with E-state index in [0.717, 1.165) is 44.4 Å². The van der Waals surface area contributed by atoms with Gasteiger partial charge in [0.1, 0.15) is 11.2 Å². The lowest BCUT2D eigenvalue weighted by molar-refractivity contribution is 0.672. The molecule has 6 aromatic carbocycles. The molecule has 0 aliphatic carbocycles. The number of rotatable bonds is 4. The van der Waals surface area contributed by atoms with Crippen LogP contribution in [0.3, 0.4) is 0 Å². The zero-order chi connectivity index (χ0) is 23.9. The number of fused-ring (bicyclic) bond motifs is 5. The van der Waals surface area contributed by atoms with Crippen LogP contribution in [0, 0.1) is 0 Å². The first-order valence-electron chi connectivity index (χ1n) is 12.2. The van der Waals surface area contributed by atoms with E-state index in [1.807, 2.05) is 12.1 Å². The van der Waals surface area contributed by atoms with Crippen LogP contribution in [0.25, 0.3) is 43.8 Å². The third-order valence-electron chi connectivity index (χ3n) is 6.85. The van der Waals surface area contributed by atoms with Gasteiger partial charge in [-0.3, -0.25) is 0 Å². The first kappa shape index (κ1) is 20.5. The minimum absolute atomic E-state index is 0.918. The Morgan fingerprint density at radius 1 is 0.417 bits per heavy atom. The summed E-state index contributed by atoms with van der Waals surface area (Å²) in [5.41, 5.74) is 7.62. The second-order valence-electron chi connectivity index (χ2n) is 9.03. The highest BCUT2D eigenvalue weighted by Gasteiger charge is 2.14. The number of furan rings is 1. The van der Waals surface area contributed by atoms with Gasteiger partial charge >= 0.3 is 0 Å². The number of hydrogen-bond donors (Lipinski definition) is 0. The van der Waals surface area contributed by atoms with E-state index < -0.39 is 0 Å². The summed E-state index contributed by atoms with van der Waals surface area (Å²) in [6.07, 6.45) is 0. The summed E-state index contributed by atoms with van der Waals surface area (Å²) in [5, 5.41) is 4.65. The van der Waals surface area contributed by atoms with E-state index in [2.05, 4.69) is 132 Å². The molecule has 0 aliphatic heterocycles. The van der Waals surface area contributed by atoms with Crippen molar-refractivity contribution < 1.29 is 4.42 Å². The Bertz CT molecular complexity index is 1780. The maximum atomic E-state index is 6.30. The molecule has 1 aromatic heterocycles. The van der Waals surface area contributed by atoms with Crippen LogP contribution in [0.15, 0.2) is 144 Å². The highest BCUT2D eigenvalue weighted by Crippen LogP contribution is 2.38. The van der Waals surface area contributed by atoms with Crippen molar-refractivity contribution in [1.82, 2.24) is 0 Å². The number of benzene rings is 6. The Labute approximate surface area is 209 Å². The molecule has 36 heavy (non-hydrogen) atoms. The highest BCUT2D eigenvalue weighted by atomic mass is 16.3. The quantitative estimate of drug-likeness (QED) is 0.259. The molecule has 170 valence electrons. The van der Waals surface area contributed by atoms with Crippen LogP contribution in [-0.4, -0.2) is 0 Å². The van der Waals surface area contributed by atoms with Crippen LogP contribution in [0.5, 0.6) is 0 Å². The summed E-state index contributed by atoms with van der Waals surface area (Å²) >= 11 is 0. The predicted octanol–water partition coefficient (Wildman–Crippen LogP) is 9.88. The molecule has 0 N–H and O–H groups in total. The average Bonchev–Trinajstić information content (AvgIpc) is 3.33. The van der Waals surface area contributed by atoms with Crippen LogP contribution in [0.4, 0.5) is 17.1 Å². The Balaban J connectivity index is 1.31. The number of anilines is 3. The van der Waals surface area contributed by atoms with E-state index >= 15 is 0 Å². The lowest BCUT2D eigenvalue weighted by atomic mass is 10.0. The van der Waals surface area contributed by atoms with Crippen molar-refractivity contribution in [3.63, 3.8) is 0 Å². The molecule has 0 amide bonds. The first-order valence-corrected chi connectivity index (χ1v) is 12.2. The topological polar surface area (TPSA) is 16.4 Å². The number of hydrogen-bond acceptors (Lipinski definition) is 2. The van der Waals surface area contributed by atoms with Crippen molar-refractivity contribution in [3.8, 4) is 11.1 Å². The molecule has 0 bridgehead atoms. The number of nitrogens with zero attached hydrogens (tertiary/aromatic N) is 1. The standard InChI is InChI=1S/C34H23NO/c1-3-10-27(11-4-1)35(28-12-5-2-6-13-28)29-19-15-24(16-20-29)26-18-22-33-32(23-26)31-21-17-25-9-7-8-14-30(25)34(31)36-33/h1-23H. The Hall–Kier alpha value is -4.82. The third kappa shape index (κ3) is 3.43. The van der Waals surface area contributed by atoms with Gasteiger partial charge in [0.25, 0.3) is 0 Å². The Kier molecular flexibility index (Phi) is 4.82. The minimum atomic E-state index is 0.918. The maximum Gasteiger partial charge on any atom is 0.143 e. The molecule has 0 atom stereocenters. The first-order chi connectivity index (χ1) is 17.8. The maximum absolute atomic E-state index is 6.30. The summed E-state index contributed by atoms with van der Waals surface area (Å²) in [5.74, 6) is 0. The normalized spacial score (nSPS) is 11.3. The molecule has 1 heterocycles. The summed E-state index contributed by atoms with van der Waals surface area (Å²) in [6, 6.07) is 49.0. The molecule has 0 aliphatic rings. The summed E-state index contributed by atoms with van der Waals surface area (Å²) < 4.78 is 6.30. The van der Waals surface area contributed by atoms with E-state index in [-0.39, 0.29) is 0 Å². The van der Waals surface area contributed by atoms with Gasteiger partial charge in [0.15, 0.2) is 0 Å². The minimum Gasteiger partial charge on any atom is -0.455 e. The molecule has 0 saturated heterocycles. The van der Waals surface area contributed by atoms with Crippen LogP contribution in [0.2, 0.25) is 0 Å². The van der Waals surface area contributed by atoms with Crippen LogP contribution in [0.1, 0.15) is 0 Å². The summed E-state index contributed by atoms with van der Waals surface area (Å²) in [7, 11) is 0. The van der Waals surface area contributed by atoms with Gasteiger partial charge in [-0.05, 0) is 71.1 Å². The highest BCUT2D eigenvalue weighted by molar-refractivity contribution is 6.15. The summed E-state index contributed by atoms with van der Waals surface area (Å²) in [6.45, 7) is 0. The lowest BCUT2D eigenvalue weighted by Gasteiger charge is -2.25. The van der Waals surface area contributed by atoms with Crippen molar-refractivity contribution in [3.05, 3.63) is 140 Å². The Morgan fingerprint density at radius 2 is 1.03 bits per heavy atom.